The lowest BCUT2D eigenvalue weighted by Gasteiger charge is -2.15. The number of rotatable bonds is 8. The molecular weight excluding hydrogens is 678 g/mol. The Kier molecular flexibility index (Phi) is 10.4. The minimum absolute atomic E-state index is 0.00106. The molecule has 2 aliphatic rings. The number of halogens is 4. The number of hydrogen-bond acceptors (Lipinski definition) is 8. The van der Waals surface area contributed by atoms with Crippen molar-refractivity contribution in [1.82, 2.24) is 9.80 Å². The van der Waals surface area contributed by atoms with Gasteiger partial charge >= 0.3 is 0 Å². The minimum atomic E-state index is -0.497. The van der Waals surface area contributed by atoms with Crippen molar-refractivity contribution < 1.29 is 19.2 Å². The van der Waals surface area contributed by atoms with Crippen LogP contribution >= 0.6 is 94.4 Å². The Labute approximate surface area is 268 Å². The summed E-state index contributed by atoms with van der Waals surface area (Å²) in [6.07, 6.45) is -0.126. The van der Waals surface area contributed by atoms with E-state index in [1.165, 1.54) is 21.9 Å². The summed E-state index contributed by atoms with van der Waals surface area (Å²) in [4.78, 5) is 53.9. The summed E-state index contributed by atoms with van der Waals surface area (Å²) in [6, 6.07) is 9.31. The van der Waals surface area contributed by atoms with Crippen LogP contribution in [0.1, 0.15) is 12.8 Å². The Morgan fingerprint density at radius 3 is 1.43 bits per heavy atom. The lowest BCUT2D eigenvalue weighted by Crippen LogP contribution is -2.33. The molecule has 4 amide bonds. The topological polar surface area (TPSA) is 98.8 Å². The van der Waals surface area contributed by atoms with Crippen LogP contribution in [0.15, 0.2) is 46.2 Å². The quantitative estimate of drug-likeness (QED) is 0.236. The summed E-state index contributed by atoms with van der Waals surface area (Å²) in [6.45, 7) is -0.00211. The molecule has 8 nitrogen and oxygen atoms in total. The number of carbonyl (C=O) groups is 4. The summed E-state index contributed by atoms with van der Waals surface area (Å²) < 4.78 is 0.420. The molecule has 0 bridgehead atoms. The number of thioether (sulfide) groups is 2. The van der Waals surface area contributed by atoms with Crippen LogP contribution < -0.4 is 10.6 Å². The van der Waals surface area contributed by atoms with Gasteiger partial charge in [0.25, 0.3) is 11.8 Å². The number of amides is 4. The van der Waals surface area contributed by atoms with E-state index in [0.717, 1.165) is 23.5 Å². The number of nitrogens with one attached hydrogen (secondary N) is 2. The average molecular weight is 694 g/mol. The molecule has 0 atom stereocenters. The maximum atomic E-state index is 13.1. The van der Waals surface area contributed by atoms with Gasteiger partial charge in [0.1, 0.15) is 8.64 Å². The number of thiocarbonyl (C=S) groups is 2. The zero-order valence-corrected chi connectivity index (χ0v) is 26.3. The van der Waals surface area contributed by atoms with Crippen molar-refractivity contribution in [1.29, 1.82) is 0 Å². The molecular formula is C24H16Cl4N4O4S4. The van der Waals surface area contributed by atoms with Gasteiger partial charge in [-0.3, -0.25) is 29.0 Å². The van der Waals surface area contributed by atoms with E-state index in [2.05, 4.69) is 10.6 Å². The molecule has 0 radical (unpaired) electrons. The van der Waals surface area contributed by atoms with Gasteiger partial charge < -0.3 is 10.6 Å². The zero-order chi connectivity index (χ0) is 29.1. The molecule has 208 valence electrons. The zero-order valence-electron chi connectivity index (χ0n) is 20.0. The van der Waals surface area contributed by atoms with Crippen LogP contribution in [0.2, 0.25) is 20.1 Å². The van der Waals surface area contributed by atoms with Crippen molar-refractivity contribution >= 4 is 138 Å². The normalized spacial score (nSPS) is 17.2. The van der Waals surface area contributed by atoms with E-state index in [0.29, 0.717) is 21.4 Å². The van der Waals surface area contributed by atoms with Crippen LogP contribution in [-0.4, -0.2) is 55.2 Å². The third kappa shape index (κ3) is 7.29. The predicted molar refractivity (Wildman–Crippen MR) is 170 cm³/mol. The highest BCUT2D eigenvalue weighted by Gasteiger charge is 2.42. The lowest BCUT2D eigenvalue weighted by molar-refractivity contribution is -0.125. The molecule has 2 aliphatic heterocycles. The SMILES string of the molecule is O=C(CCN1C(=O)C(=C2SC(=S)N(CCC(=O)Nc3ccc(Cl)cc3Cl)C2=O)SC1=S)Nc1ccc(Cl)cc1Cl. The van der Waals surface area contributed by atoms with Crippen LogP contribution in [0.3, 0.4) is 0 Å². The van der Waals surface area contributed by atoms with E-state index < -0.39 is 11.8 Å². The third-order valence-electron chi connectivity index (χ3n) is 5.44. The Morgan fingerprint density at radius 1 is 0.700 bits per heavy atom. The molecule has 2 aromatic carbocycles. The molecule has 0 unspecified atom stereocenters. The second-order valence-electron chi connectivity index (χ2n) is 8.15. The Hall–Kier alpha value is -1.90. The van der Waals surface area contributed by atoms with E-state index in [-0.39, 0.29) is 66.2 Å². The first-order valence-electron chi connectivity index (χ1n) is 11.3. The molecule has 2 heterocycles. The highest BCUT2D eigenvalue weighted by molar-refractivity contribution is 8.29. The number of carbonyl (C=O) groups excluding carboxylic acids is 4. The first kappa shape index (κ1) is 31.0. The molecule has 0 aliphatic carbocycles. The second kappa shape index (κ2) is 13.4. The summed E-state index contributed by atoms with van der Waals surface area (Å²) in [5, 5.41) is 6.74. The van der Waals surface area contributed by atoms with Crippen LogP contribution in [0, 0.1) is 0 Å². The maximum absolute atomic E-state index is 13.1. The molecule has 16 heteroatoms. The Balaban J connectivity index is 1.35. The van der Waals surface area contributed by atoms with Gasteiger partial charge in [-0.2, -0.15) is 0 Å². The summed E-state index contributed by atoms with van der Waals surface area (Å²) in [5.41, 5.74) is 0.769. The molecule has 40 heavy (non-hydrogen) atoms. The monoisotopic (exact) mass is 692 g/mol. The van der Waals surface area contributed by atoms with E-state index >= 15 is 0 Å². The summed E-state index contributed by atoms with van der Waals surface area (Å²) in [5.74, 6) is -1.77. The van der Waals surface area contributed by atoms with Gasteiger partial charge in [-0.15, -0.1) is 0 Å². The molecule has 0 saturated carbocycles. The van der Waals surface area contributed by atoms with Gasteiger partial charge in [0.15, 0.2) is 0 Å². The molecule has 2 fully saturated rings. The molecule has 2 aromatic rings. The van der Waals surface area contributed by atoms with Crippen molar-refractivity contribution in [2.24, 2.45) is 0 Å². The van der Waals surface area contributed by atoms with E-state index in [1.807, 2.05) is 0 Å². The fourth-order valence-corrected chi connectivity index (χ4v) is 7.17. The predicted octanol–water partition coefficient (Wildman–Crippen LogP) is 6.59. The van der Waals surface area contributed by atoms with Gasteiger partial charge in [0.05, 0.1) is 31.2 Å². The Bertz CT molecular complexity index is 1390. The largest absolute Gasteiger partial charge is 0.325 e. The van der Waals surface area contributed by atoms with Crippen LogP contribution in [0.5, 0.6) is 0 Å². The fourth-order valence-electron chi connectivity index (χ4n) is 3.49. The lowest BCUT2D eigenvalue weighted by atomic mass is 10.3. The van der Waals surface area contributed by atoms with Crippen LogP contribution in [0.25, 0.3) is 0 Å². The highest BCUT2D eigenvalue weighted by atomic mass is 35.5. The standard InChI is InChI=1S/C24H16Cl4N4O4S4/c25-11-1-3-15(13(27)9-11)29-17(33)5-7-31-21(35)19(39-23(31)37)20-22(36)32(24(38)40-20)8-6-18(34)30-16-4-2-12(26)10-14(16)28/h1-4,9-10H,5-8H2,(H,29,33)(H,30,34). The molecule has 2 N–H and O–H groups in total. The number of nitrogens with zero attached hydrogens (tertiary/aromatic N) is 2. The first-order chi connectivity index (χ1) is 18.9. The fraction of sp³-hybridized carbons (Fsp3) is 0.167. The van der Waals surface area contributed by atoms with Crippen molar-refractivity contribution in [2.75, 3.05) is 23.7 Å². The van der Waals surface area contributed by atoms with Gasteiger partial charge in [-0.25, -0.2) is 0 Å². The number of hydrogen-bond donors (Lipinski definition) is 2. The molecule has 0 aromatic heterocycles. The number of benzene rings is 2. The van der Waals surface area contributed by atoms with Crippen LogP contribution in [0.4, 0.5) is 11.4 Å². The van der Waals surface area contributed by atoms with E-state index in [1.54, 1.807) is 24.3 Å². The van der Waals surface area contributed by atoms with Crippen molar-refractivity contribution in [3.05, 3.63) is 66.3 Å². The smallest absolute Gasteiger partial charge is 0.267 e. The molecule has 2 saturated heterocycles. The van der Waals surface area contributed by atoms with Gasteiger partial charge in [0, 0.05) is 36.0 Å². The average Bonchev–Trinajstić information content (AvgIpc) is 3.33. The number of anilines is 2. The second-order valence-corrected chi connectivity index (χ2v) is 13.1. The first-order valence-corrected chi connectivity index (χ1v) is 15.2. The summed E-state index contributed by atoms with van der Waals surface area (Å²) in [7, 11) is 0. The summed E-state index contributed by atoms with van der Waals surface area (Å²) >= 11 is 36.5. The van der Waals surface area contributed by atoms with Crippen LogP contribution in [-0.2, 0) is 19.2 Å². The minimum Gasteiger partial charge on any atom is -0.325 e. The van der Waals surface area contributed by atoms with Gasteiger partial charge in [0.2, 0.25) is 11.8 Å². The highest BCUT2D eigenvalue weighted by Crippen LogP contribution is 2.42. The Morgan fingerprint density at radius 2 is 1.07 bits per heavy atom. The van der Waals surface area contributed by atoms with Crippen molar-refractivity contribution in [2.45, 2.75) is 12.8 Å². The van der Waals surface area contributed by atoms with Crippen molar-refractivity contribution in [3.63, 3.8) is 0 Å². The molecule has 4 rings (SSSR count). The van der Waals surface area contributed by atoms with Gasteiger partial charge in [-0.1, -0.05) is 94.4 Å². The molecule has 0 spiro atoms. The van der Waals surface area contributed by atoms with Gasteiger partial charge in [-0.05, 0) is 36.4 Å². The third-order valence-corrected chi connectivity index (χ3v) is 9.56. The van der Waals surface area contributed by atoms with Crippen molar-refractivity contribution in [3.8, 4) is 0 Å². The van der Waals surface area contributed by atoms with E-state index in [9.17, 15) is 19.2 Å². The van der Waals surface area contributed by atoms with E-state index in [4.69, 9.17) is 70.8 Å². The maximum Gasteiger partial charge on any atom is 0.267 e.